The second kappa shape index (κ2) is 6.67. The van der Waals surface area contributed by atoms with E-state index in [-0.39, 0.29) is 23.0 Å². The number of hydrogen-bond donors (Lipinski definition) is 1. The molecule has 0 bridgehead atoms. The standard InChI is InChI=1S/C27H40O4/c1-15-7-10-27(30-14-15)16(2)23-22(31-27)12-20-19-6-5-17-11-18(28)8-9-25(17,3)24(19)21(29)13-26(20,23)4/h15-18,20,22-23,28H,5-14H2,1-4H3/t15-,16+,17+,18+,20-,22+,23+,25+,26+,27-/m1/s1. The fraction of sp³-hybridized carbons (Fsp3) is 0.889. The predicted octanol–water partition coefficient (Wildman–Crippen LogP) is 5.04. The van der Waals surface area contributed by atoms with Gasteiger partial charge in [0.05, 0.1) is 18.8 Å². The molecule has 10 atom stereocenters. The third kappa shape index (κ3) is 2.68. The summed E-state index contributed by atoms with van der Waals surface area (Å²) in [6.45, 7) is 10.1. The Balaban J connectivity index is 1.35. The first kappa shape index (κ1) is 20.9. The highest BCUT2D eigenvalue weighted by Gasteiger charge is 2.68. The van der Waals surface area contributed by atoms with E-state index in [9.17, 15) is 9.90 Å². The van der Waals surface area contributed by atoms with Gasteiger partial charge in [-0.2, -0.15) is 0 Å². The van der Waals surface area contributed by atoms with Crippen molar-refractivity contribution in [1.29, 1.82) is 0 Å². The van der Waals surface area contributed by atoms with Crippen molar-refractivity contribution in [3.63, 3.8) is 0 Å². The molecule has 0 aromatic rings. The molecule has 4 nitrogen and oxygen atoms in total. The summed E-state index contributed by atoms with van der Waals surface area (Å²) in [5, 5.41) is 10.3. The highest BCUT2D eigenvalue weighted by atomic mass is 16.7. The second-order valence-electron chi connectivity index (χ2n) is 12.6. The first-order chi connectivity index (χ1) is 14.7. The minimum Gasteiger partial charge on any atom is -0.393 e. The molecule has 6 aliphatic rings. The van der Waals surface area contributed by atoms with Crippen molar-refractivity contribution in [3.05, 3.63) is 11.1 Å². The van der Waals surface area contributed by atoms with Crippen LogP contribution in [0.25, 0.3) is 0 Å². The number of hydrogen-bond acceptors (Lipinski definition) is 4. The molecule has 4 aliphatic carbocycles. The van der Waals surface area contributed by atoms with Crippen LogP contribution < -0.4 is 0 Å². The van der Waals surface area contributed by atoms with Crippen LogP contribution in [-0.2, 0) is 14.3 Å². The van der Waals surface area contributed by atoms with E-state index >= 15 is 0 Å². The number of ketones is 1. The Bertz CT molecular complexity index is 823. The van der Waals surface area contributed by atoms with E-state index in [2.05, 4.69) is 27.7 Å². The van der Waals surface area contributed by atoms with Gasteiger partial charge in [0, 0.05) is 24.3 Å². The van der Waals surface area contributed by atoms with E-state index < -0.39 is 5.79 Å². The normalized spacial score (nSPS) is 56.3. The summed E-state index contributed by atoms with van der Waals surface area (Å²) in [4.78, 5) is 13.8. The molecule has 31 heavy (non-hydrogen) atoms. The molecular weight excluding hydrogens is 388 g/mol. The summed E-state index contributed by atoms with van der Waals surface area (Å²) in [5.74, 6) is 2.27. The number of aliphatic hydroxyl groups is 1. The van der Waals surface area contributed by atoms with Crippen molar-refractivity contribution in [1.82, 2.24) is 0 Å². The molecule has 2 saturated heterocycles. The zero-order valence-corrected chi connectivity index (χ0v) is 19.8. The van der Waals surface area contributed by atoms with Gasteiger partial charge in [-0.1, -0.05) is 33.3 Å². The number of ether oxygens (including phenoxy) is 2. The minimum atomic E-state index is -0.420. The maximum atomic E-state index is 13.8. The van der Waals surface area contributed by atoms with Crippen LogP contribution >= 0.6 is 0 Å². The molecule has 1 N–H and O–H groups in total. The van der Waals surface area contributed by atoms with Crippen LogP contribution in [0.2, 0.25) is 0 Å². The third-order valence-corrected chi connectivity index (χ3v) is 11.0. The predicted molar refractivity (Wildman–Crippen MR) is 118 cm³/mol. The average molecular weight is 429 g/mol. The van der Waals surface area contributed by atoms with Gasteiger partial charge in [-0.3, -0.25) is 4.79 Å². The summed E-state index contributed by atoms with van der Waals surface area (Å²) in [6, 6.07) is 0. The largest absolute Gasteiger partial charge is 0.393 e. The Morgan fingerprint density at radius 2 is 1.87 bits per heavy atom. The van der Waals surface area contributed by atoms with E-state index in [0.29, 0.717) is 41.8 Å². The van der Waals surface area contributed by atoms with E-state index in [1.807, 2.05) is 0 Å². The lowest BCUT2D eigenvalue weighted by Gasteiger charge is -2.54. The first-order valence-corrected chi connectivity index (χ1v) is 12.9. The maximum Gasteiger partial charge on any atom is 0.171 e. The molecule has 0 aromatic carbocycles. The van der Waals surface area contributed by atoms with Gasteiger partial charge in [0.2, 0.25) is 0 Å². The summed E-state index contributed by atoms with van der Waals surface area (Å²) >= 11 is 0. The summed E-state index contributed by atoms with van der Waals surface area (Å²) in [6.07, 6.45) is 8.76. The van der Waals surface area contributed by atoms with Gasteiger partial charge in [-0.05, 0) is 79.4 Å². The number of allylic oxidation sites excluding steroid dienone is 2. The summed E-state index contributed by atoms with van der Waals surface area (Å²) in [7, 11) is 0. The molecule has 0 radical (unpaired) electrons. The smallest absolute Gasteiger partial charge is 0.171 e. The van der Waals surface area contributed by atoms with E-state index in [4.69, 9.17) is 9.47 Å². The molecule has 0 aromatic heterocycles. The van der Waals surface area contributed by atoms with Gasteiger partial charge in [-0.25, -0.2) is 0 Å². The van der Waals surface area contributed by atoms with Crippen molar-refractivity contribution in [2.45, 2.75) is 103 Å². The quantitative estimate of drug-likeness (QED) is 0.587. The lowest BCUT2D eigenvalue weighted by atomic mass is 9.50. The Hall–Kier alpha value is -0.710. The van der Waals surface area contributed by atoms with Gasteiger partial charge in [0.15, 0.2) is 11.6 Å². The number of aliphatic hydroxyl groups excluding tert-OH is 1. The van der Waals surface area contributed by atoms with Crippen LogP contribution in [0, 0.1) is 40.4 Å². The minimum absolute atomic E-state index is 0.00665. The van der Waals surface area contributed by atoms with Gasteiger partial charge >= 0.3 is 0 Å². The molecule has 6 rings (SSSR count). The van der Waals surface area contributed by atoms with Crippen LogP contribution in [0.4, 0.5) is 0 Å². The molecule has 1 spiro atoms. The lowest BCUT2D eigenvalue weighted by Crippen LogP contribution is -2.50. The molecule has 172 valence electrons. The van der Waals surface area contributed by atoms with Crippen molar-refractivity contribution in [2.24, 2.45) is 40.4 Å². The molecule has 2 saturated carbocycles. The number of carbonyl (C=O) groups is 1. The number of rotatable bonds is 0. The summed E-state index contributed by atoms with van der Waals surface area (Å²) in [5.41, 5.74) is 2.63. The van der Waals surface area contributed by atoms with Gasteiger partial charge in [-0.15, -0.1) is 0 Å². The fourth-order valence-electron chi connectivity index (χ4n) is 9.32. The van der Waals surface area contributed by atoms with Crippen molar-refractivity contribution in [2.75, 3.05) is 6.61 Å². The van der Waals surface area contributed by atoms with E-state index in [1.165, 1.54) is 17.6 Å². The van der Waals surface area contributed by atoms with Crippen molar-refractivity contribution < 1.29 is 19.4 Å². The van der Waals surface area contributed by atoms with Crippen molar-refractivity contribution >= 4 is 5.78 Å². The summed E-state index contributed by atoms with van der Waals surface area (Å²) < 4.78 is 13.2. The zero-order chi connectivity index (χ0) is 21.8. The molecule has 0 unspecified atom stereocenters. The number of carbonyl (C=O) groups excluding carboxylic acids is 1. The van der Waals surface area contributed by atoms with Crippen LogP contribution in [0.5, 0.6) is 0 Å². The third-order valence-electron chi connectivity index (χ3n) is 11.0. The second-order valence-corrected chi connectivity index (χ2v) is 12.6. The fourth-order valence-corrected chi connectivity index (χ4v) is 9.32. The van der Waals surface area contributed by atoms with Gasteiger partial charge < -0.3 is 14.6 Å². The van der Waals surface area contributed by atoms with Crippen LogP contribution in [0.3, 0.4) is 0 Å². The molecule has 0 amide bonds. The van der Waals surface area contributed by atoms with Gasteiger partial charge in [0.1, 0.15) is 0 Å². The van der Waals surface area contributed by atoms with E-state index in [1.54, 1.807) is 0 Å². The molecular formula is C27H40O4. The number of Topliss-reactive ketones (excluding diaryl/α,β-unsaturated/α-hetero) is 1. The van der Waals surface area contributed by atoms with Crippen molar-refractivity contribution in [3.8, 4) is 0 Å². The highest BCUT2D eigenvalue weighted by Crippen LogP contribution is 2.68. The average Bonchev–Trinajstić information content (AvgIpc) is 3.15. The molecule has 2 heterocycles. The van der Waals surface area contributed by atoms with Crippen LogP contribution in [-0.4, -0.2) is 35.5 Å². The van der Waals surface area contributed by atoms with E-state index in [0.717, 1.165) is 51.6 Å². The maximum absolute atomic E-state index is 13.8. The van der Waals surface area contributed by atoms with Gasteiger partial charge in [0.25, 0.3) is 0 Å². The van der Waals surface area contributed by atoms with Crippen LogP contribution in [0.1, 0.15) is 85.5 Å². The lowest BCUT2D eigenvalue weighted by molar-refractivity contribution is -0.271. The Morgan fingerprint density at radius 3 is 2.61 bits per heavy atom. The molecule has 2 aliphatic heterocycles. The number of fused-ring (bicyclic) bond motifs is 6. The molecule has 4 fully saturated rings. The highest BCUT2D eigenvalue weighted by molar-refractivity contribution is 5.99. The Morgan fingerprint density at radius 1 is 1.06 bits per heavy atom. The monoisotopic (exact) mass is 428 g/mol. The first-order valence-electron chi connectivity index (χ1n) is 12.9. The Labute approximate surface area is 187 Å². The van der Waals surface area contributed by atoms with Crippen LogP contribution in [0.15, 0.2) is 11.1 Å². The zero-order valence-electron chi connectivity index (χ0n) is 19.8. The SMILES string of the molecule is C[C@@H]1CC[C@@]2(OC1)O[C@H]1C[C@@H]3C4=C(C(=O)C[C@]3(C)[C@H]1[C@@H]2C)[C@@]1(C)CC[C@H](O)C[C@@H]1CC4. The topological polar surface area (TPSA) is 55.8 Å². The Kier molecular flexibility index (Phi) is 4.49. The molecule has 4 heteroatoms.